The lowest BCUT2D eigenvalue weighted by Gasteiger charge is -2.06. The molecule has 1 aliphatic rings. The summed E-state index contributed by atoms with van der Waals surface area (Å²) in [7, 11) is 0. The van der Waals surface area contributed by atoms with Gasteiger partial charge in [-0.2, -0.15) is 5.26 Å². The van der Waals surface area contributed by atoms with E-state index in [0.29, 0.717) is 36.7 Å². The molecule has 1 aromatic rings. The van der Waals surface area contributed by atoms with E-state index in [-0.39, 0.29) is 5.91 Å². The van der Waals surface area contributed by atoms with Gasteiger partial charge in [-0.05, 0) is 19.1 Å². The van der Waals surface area contributed by atoms with Crippen LogP contribution in [-0.4, -0.2) is 18.3 Å². The lowest BCUT2D eigenvalue weighted by molar-refractivity contribution is -0.120. The number of nitriles is 1. The molecule has 0 spiro atoms. The quantitative estimate of drug-likeness (QED) is 0.846. The molecule has 0 radical (unpaired) electrons. The molecular formula is C15H16N2O2S. The molecule has 1 aliphatic heterocycles. The third-order valence-corrected chi connectivity index (χ3v) is 3.89. The van der Waals surface area contributed by atoms with Gasteiger partial charge in [-0.25, -0.2) is 0 Å². The van der Waals surface area contributed by atoms with Crippen molar-refractivity contribution in [2.45, 2.75) is 24.7 Å². The lowest BCUT2D eigenvalue weighted by atomic mass is 10.2. The largest absolute Gasteiger partial charge is 0.478 e. The third-order valence-electron chi connectivity index (χ3n) is 2.88. The molecule has 0 aliphatic carbocycles. The van der Waals surface area contributed by atoms with Crippen LogP contribution in [0.3, 0.4) is 0 Å². The molecule has 4 nitrogen and oxygen atoms in total. The number of rotatable bonds is 5. The van der Waals surface area contributed by atoms with Gasteiger partial charge in [0.1, 0.15) is 6.07 Å². The van der Waals surface area contributed by atoms with Gasteiger partial charge in [-0.3, -0.25) is 10.1 Å². The summed E-state index contributed by atoms with van der Waals surface area (Å²) in [6.45, 7) is 2.51. The van der Waals surface area contributed by atoms with Gasteiger partial charge in [0.2, 0.25) is 11.8 Å². The molecule has 5 heteroatoms. The van der Waals surface area contributed by atoms with Crippen molar-refractivity contribution in [2.75, 3.05) is 12.4 Å². The first-order chi connectivity index (χ1) is 9.69. The molecule has 20 heavy (non-hydrogen) atoms. The van der Waals surface area contributed by atoms with E-state index in [1.165, 1.54) is 5.56 Å². The summed E-state index contributed by atoms with van der Waals surface area (Å²) in [5.74, 6) is 0.913. The number of nitrogens with zero attached hydrogens (tertiary/aromatic N) is 1. The second-order valence-corrected chi connectivity index (χ2v) is 5.65. The summed E-state index contributed by atoms with van der Waals surface area (Å²) in [6, 6.07) is 10.2. The SMILES string of the molecule is Cc1ccc(SCCC(=O)NC2=C(C#N)CCO2)cc1. The van der Waals surface area contributed by atoms with E-state index in [1.54, 1.807) is 11.8 Å². The van der Waals surface area contributed by atoms with Crippen molar-refractivity contribution >= 4 is 17.7 Å². The number of hydrogen-bond donors (Lipinski definition) is 1. The molecule has 0 saturated carbocycles. The molecule has 0 fully saturated rings. The Labute approximate surface area is 122 Å². The smallest absolute Gasteiger partial charge is 0.227 e. The summed E-state index contributed by atoms with van der Waals surface area (Å²) in [4.78, 5) is 12.9. The van der Waals surface area contributed by atoms with Crippen LogP contribution in [0.5, 0.6) is 0 Å². The van der Waals surface area contributed by atoms with E-state index in [2.05, 4.69) is 17.4 Å². The number of carbonyl (C=O) groups excluding carboxylic acids is 1. The second kappa shape index (κ2) is 7.01. The Morgan fingerprint density at radius 3 is 2.90 bits per heavy atom. The molecule has 0 aromatic heterocycles. The van der Waals surface area contributed by atoms with Gasteiger partial charge < -0.3 is 4.74 Å². The topological polar surface area (TPSA) is 62.1 Å². The van der Waals surface area contributed by atoms with Crippen molar-refractivity contribution in [3.05, 3.63) is 41.3 Å². The normalized spacial score (nSPS) is 13.8. The zero-order chi connectivity index (χ0) is 14.4. The molecule has 0 saturated heterocycles. The Bertz CT molecular complexity index is 558. The summed E-state index contributed by atoms with van der Waals surface area (Å²) in [5.41, 5.74) is 1.74. The van der Waals surface area contributed by atoms with E-state index in [9.17, 15) is 4.79 Å². The fraction of sp³-hybridized carbons (Fsp3) is 0.333. The average molecular weight is 288 g/mol. The maximum atomic E-state index is 11.8. The number of aryl methyl sites for hydroxylation is 1. The Morgan fingerprint density at radius 2 is 2.20 bits per heavy atom. The standard InChI is InChI=1S/C15H16N2O2S/c1-11-2-4-13(5-3-11)20-9-7-14(18)17-15-12(10-16)6-8-19-15/h2-5H,6-9H2,1H3,(H,17,18). The number of thioether (sulfide) groups is 1. The first kappa shape index (κ1) is 14.5. The minimum absolute atomic E-state index is 0.116. The van der Waals surface area contributed by atoms with Crippen molar-refractivity contribution in [2.24, 2.45) is 0 Å². The third kappa shape index (κ3) is 4.04. The average Bonchev–Trinajstić information content (AvgIpc) is 2.88. The number of hydrogen-bond acceptors (Lipinski definition) is 4. The van der Waals surface area contributed by atoms with Crippen LogP contribution < -0.4 is 5.32 Å². The summed E-state index contributed by atoms with van der Waals surface area (Å²) in [5, 5.41) is 11.5. The van der Waals surface area contributed by atoms with Gasteiger partial charge in [-0.1, -0.05) is 17.7 Å². The zero-order valence-corrected chi connectivity index (χ0v) is 12.1. The summed E-state index contributed by atoms with van der Waals surface area (Å²) in [6.07, 6.45) is 0.967. The maximum absolute atomic E-state index is 11.8. The minimum atomic E-state index is -0.116. The Kier molecular flexibility index (Phi) is 5.08. The molecule has 0 unspecified atom stereocenters. The monoisotopic (exact) mass is 288 g/mol. The first-order valence-electron chi connectivity index (χ1n) is 6.44. The van der Waals surface area contributed by atoms with E-state index in [1.807, 2.05) is 25.1 Å². The van der Waals surface area contributed by atoms with Crippen molar-refractivity contribution in [3.63, 3.8) is 0 Å². The van der Waals surface area contributed by atoms with Crippen LogP contribution in [0.4, 0.5) is 0 Å². The molecule has 2 rings (SSSR count). The molecule has 1 aromatic carbocycles. The number of amides is 1. The zero-order valence-electron chi connectivity index (χ0n) is 11.3. The first-order valence-corrected chi connectivity index (χ1v) is 7.43. The molecule has 104 valence electrons. The lowest BCUT2D eigenvalue weighted by Crippen LogP contribution is -2.23. The van der Waals surface area contributed by atoms with Gasteiger partial charge in [0.15, 0.2) is 0 Å². The second-order valence-electron chi connectivity index (χ2n) is 4.48. The summed E-state index contributed by atoms with van der Waals surface area (Å²) >= 11 is 1.64. The Morgan fingerprint density at radius 1 is 1.45 bits per heavy atom. The predicted molar refractivity (Wildman–Crippen MR) is 77.9 cm³/mol. The molecule has 1 heterocycles. The Hall–Kier alpha value is -1.93. The number of carbonyl (C=O) groups is 1. The van der Waals surface area contributed by atoms with Crippen LogP contribution in [0.25, 0.3) is 0 Å². The maximum Gasteiger partial charge on any atom is 0.227 e. The number of ether oxygens (including phenoxy) is 1. The Balaban J connectivity index is 1.76. The van der Waals surface area contributed by atoms with Gasteiger partial charge in [0.25, 0.3) is 0 Å². The van der Waals surface area contributed by atoms with Gasteiger partial charge >= 0.3 is 0 Å². The minimum Gasteiger partial charge on any atom is -0.478 e. The van der Waals surface area contributed by atoms with E-state index in [4.69, 9.17) is 10.00 Å². The number of benzene rings is 1. The fourth-order valence-corrected chi connectivity index (χ4v) is 2.61. The van der Waals surface area contributed by atoms with Crippen molar-refractivity contribution in [3.8, 4) is 6.07 Å². The highest BCUT2D eigenvalue weighted by molar-refractivity contribution is 7.99. The molecule has 1 amide bonds. The van der Waals surface area contributed by atoms with Crippen LogP contribution >= 0.6 is 11.8 Å². The van der Waals surface area contributed by atoms with E-state index < -0.39 is 0 Å². The molecule has 0 atom stereocenters. The van der Waals surface area contributed by atoms with Crippen molar-refractivity contribution in [1.82, 2.24) is 5.32 Å². The molecule has 0 bridgehead atoms. The van der Waals surface area contributed by atoms with Crippen LogP contribution in [0.15, 0.2) is 40.6 Å². The predicted octanol–water partition coefficient (Wildman–Crippen LogP) is 2.75. The van der Waals surface area contributed by atoms with E-state index in [0.717, 1.165) is 4.90 Å². The van der Waals surface area contributed by atoms with Gasteiger partial charge in [0, 0.05) is 23.5 Å². The highest BCUT2D eigenvalue weighted by atomic mass is 32.2. The van der Waals surface area contributed by atoms with Crippen LogP contribution in [0.2, 0.25) is 0 Å². The van der Waals surface area contributed by atoms with Crippen LogP contribution in [0.1, 0.15) is 18.4 Å². The van der Waals surface area contributed by atoms with Crippen molar-refractivity contribution in [1.29, 1.82) is 5.26 Å². The van der Waals surface area contributed by atoms with Crippen LogP contribution in [0, 0.1) is 18.3 Å². The van der Waals surface area contributed by atoms with Gasteiger partial charge in [-0.15, -0.1) is 11.8 Å². The van der Waals surface area contributed by atoms with Crippen LogP contribution in [-0.2, 0) is 9.53 Å². The van der Waals surface area contributed by atoms with Gasteiger partial charge in [0.05, 0.1) is 12.2 Å². The highest BCUT2D eigenvalue weighted by Crippen LogP contribution is 2.19. The van der Waals surface area contributed by atoms with Crippen molar-refractivity contribution < 1.29 is 9.53 Å². The molecular weight excluding hydrogens is 272 g/mol. The fourth-order valence-electron chi connectivity index (χ4n) is 1.76. The molecule has 1 N–H and O–H groups in total. The van der Waals surface area contributed by atoms with E-state index >= 15 is 0 Å². The summed E-state index contributed by atoms with van der Waals surface area (Å²) < 4.78 is 5.22. The number of nitrogens with one attached hydrogen (secondary N) is 1. The highest BCUT2D eigenvalue weighted by Gasteiger charge is 2.17.